The maximum Gasteiger partial charge on any atom is 0.417 e. The lowest BCUT2D eigenvalue weighted by atomic mass is 10.1. The summed E-state index contributed by atoms with van der Waals surface area (Å²) in [7, 11) is 0. The van der Waals surface area contributed by atoms with E-state index in [4.69, 9.17) is 16.3 Å². The number of ether oxygens (including phenoxy) is 1. The molecule has 0 unspecified atom stereocenters. The van der Waals surface area contributed by atoms with Crippen molar-refractivity contribution in [3.8, 4) is 5.75 Å². The third-order valence-electron chi connectivity index (χ3n) is 5.50. The minimum Gasteiger partial charge on any atom is -0.489 e. The van der Waals surface area contributed by atoms with Gasteiger partial charge in [-0.1, -0.05) is 82.4 Å². The van der Waals surface area contributed by atoms with Crippen molar-refractivity contribution in [2.45, 2.75) is 83.9 Å². The second kappa shape index (κ2) is 15.0. The van der Waals surface area contributed by atoms with E-state index in [1.807, 2.05) is 18.3 Å². The molecule has 0 bridgehead atoms. The van der Waals surface area contributed by atoms with Gasteiger partial charge >= 0.3 is 6.18 Å². The summed E-state index contributed by atoms with van der Waals surface area (Å²) in [5, 5.41) is -0.312. The zero-order chi connectivity index (χ0) is 23.9. The average molecular weight is 482 g/mol. The van der Waals surface area contributed by atoms with Gasteiger partial charge in [0.2, 0.25) is 0 Å². The molecule has 2 rings (SSSR count). The van der Waals surface area contributed by atoms with Crippen LogP contribution in [0, 0.1) is 0 Å². The number of unbranched alkanes of at least 4 members (excludes halogenated alkanes) is 9. The largest absolute Gasteiger partial charge is 0.489 e. The van der Waals surface area contributed by atoms with E-state index in [0.29, 0.717) is 11.3 Å². The van der Waals surface area contributed by atoms with E-state index in [2.05, 4.69) is 11.9 Å². The van der Waals surface area contributed by atoms with Gasteiger partial charge in [0.1, 0.15) is 12.4 Å². The molecule has 0 spiro atoms. The topological polar surface area (TPSA) is 21.6 Å². The maximum atomic E-state index is 13.0. The van der Waals surface area contributed by atoms with Crippen LogP contribution in [0.25, 0.3) is 0 Å². The first-order valence-corrected chi connectivity index (χ1v) is 12.4. The SMILES string of the molecule is CCCCCCCCCCCC/N=C/c1ccc(OCc2ccc(Cl)c(C(F)(F)F)c2)cc1. The minimum absolute atomic E-state index is 0.0342. The van der Waals surface area contributed by atoms with Crippen LogP contribution < -0.4 is 4.74 Å². The fourth-order valence-corrected chi connectivity index (χ4v) is 3.78. The monoisotopic (exact) mass is 481 g/mol. The van der Waals surface area contributed by atoms with Gasteiger partial charge in [-0.2, -0.15) is 13.2 Å². The number of hydrogen-bond donors (Lipinski definition) is 0. The van der Waals surface area contributed by atoms with Gasteiger partial charge in [0.05, 0.1) is 10.6 Å². The highest BCUT2D eigenvalue weighted by Gasteiger charge is 2.33. The lowest BCUT2D eigenvalue weighted by Crippen LogP contribution is -2.07. The van der Waals surface area contributed by atoms with E-state index in [1.165, 1.54) is 69.9 Å². The number of hydrogen-bond acceptors (Lipinski definition) is 2. The number of benzene rings is 2. The summed E-state index contributed by atoms with van der Waals surface area (Å²) in [5.41, 5.74) is 0.536. The van der Waals surface area contributed by atoms with E-state index in [0.717, 1.165) is 24.6 Å². The summed E-state index contributed by atoms with van der Waals surface area (Å²) in [5.74, 6) is 0.588. The number of aliphatic imine (C=N–C) groups is 1. The van der Waals surface area contributed by atoms with Crippen molar-refractivity contribution in [2.75, 3.05) is 6.54 Å². The van der Waals surface area contributed by atoms with Crippen molar-refractivity contribution >= 4 is 17.8 Å². The van der Waals surface area contributed by atoms with Gasteiger partial charge in [-0.15, -0.1) is 0 Å². The normalized spacial score (nSPS) is 11.9. The van der Waals surface area contributed by atoms with Crippen molar-refractivity contribution in [1.82, 2.24) is 0 Å². The third kappa shape index (κ3) is 11.1. The molecule has 6 heteroatoms. The zero-order valence-corrected chi connectivity index (χ0v) is 20.2. The molecule has 0 aromatic heterocycles. The minimum atomic E-state index is -4.48. The molecule has 0 N–H and O–H groups in total. The van der Waals surface area contributed by atoms with Crippen LogP contribution in [0.3, 0.4) is 0 Å². The molecule has 182 valence electrons. The van der Waals surface area contributed by atoms with Crippen LogP contribution in [0.5, 0.6) is 5.75 Å². The summed E-state index contributed by atoms with van der Waals surface area (Å²) < 4.78 is 44.5. The summed E-state index contributed by atoms with van der Waals surface area (Å²) in [6.07, 6.45) is 10.4. The molecule has 2 nitrogen and oxygen atoms in total. The predicted octanol–water partition coefficient (Wildman–Crippen LogP) is 9.28. The zero-order valence-electron chi connectivity index (χ0n) is 19.5. The second-order valence-corrected chi connectivity index (χ2v) is 8.79. The number of halogens is 4. The highest BCUT2D eigenvalue weighted by molar-refractivity contribution is 6.31. The first-order chi connectivity index (χ1) is 15.9. The van der Waals surface area contributed by atoms with E-state index in [-0.39, 0.29) is 11.6 Å². The molecule has 0 heterocycles. The van der Waals surface area contributed by atoms with E-state index >= 15 is 0 Å². The highest BCUT2D eigenvalue weighted by Crippen LogP contribution is 2.35. The Hall–Kier alpha value is -2.01. The van der Waals surface area contributed by atoms with Crippen LogP contribution in [0.1, 0.15) is 87.8 Å². The van der Waals surface area contributed by atoms with Crippen molar-refractivity contribution in [2.24, 2.45) is 4.99 Å². The van der Waals surface area contributed by atoms with Gasteiger partial charge in [0, 0.05) is 12.8 Å². The molecule has 0 fully saturated rings. The quantitative estimate of drug-likeness (QED) is 0.183. The Morgan fingerprint density at radius 3 is 2.06 bits per heavy atom. The number of alkyl halides is 3. The maximum absolute atomic E-state index is 13.0. The lowest BCUT2D eigenvalue weighted by molar-refractivity contribution is -0.137. The van der Waals surface area contributed by atoms with Crippen LogP contribution in [-0.2, 0) is 12.8 Å². The molecule has 2 aromatic rings. The molecule has 0 aliphatic rings. The summed E-state index contributed by atoms with van der Waals surface area (Å²) in [4.78, 5) is 4.49. The first-order valence-electron chi connectivity index (χ1n) is 12.0. The molecular formula is C27H35ClF3NO. The van der Waals surface area contributed by atoms with E-state index in [1.54, 1.807) is 12.1 Å². The molecule has 0 aliphatic carbocycles. The van der Waals surface area contributed by atoms with Gasteiger partial charge in [0.15, 0.2) is 0 Å². The predicted molar refractivity (Wildman–Crippen MR) is 132 cm³/mol. The Kier molecular flexibility index (Phi) is 12.4. The summed E-state index contributed by atoms with van der Waals surface area (Å²) >= 11 is 5.65. The highest BCUT2D eigenvalue weighted by atomic mass is 35.5. The fourth-order valence-electron chi connectivity index (χ4n) is 3.56. The molecule has 33 heavy (non-hydrogen) atoms. The van der Waals surface area contributed by atoms with Crippen LogP contribution in [-0.4, -0.2) is 12.8 Å². The molecule has 0 aliphatic heterocycles. The molecule has 2 aromatic carbocycles. The molecule has 0 atom stereocenters. The number of rotatable bonds is 15. The van der Waals surface area contributed by atoms with Crippen molar-refractivity contribution < 1.29 is 17.9 Å². The second-order valence-electron chi connectivity index (χ2n) is 8.39. The summed E-state index contributed by atoms with van der Waals surface area (Å²) in [6.45, 7) is 3.11. The Morgan fingerprint density at radius 2 is 1.45 bits per heavy atom. The molecule has 0 saturated carbocycles. The Morgan fingerprint density at radius 1 is 0.848 bits per heavy atom. The van der Waals surface area contributed by atoms with Crippen LogP contribution in [0.15, 0.2) is 47.5 Å². The number of nitrogens with zero attached hydrogens (tertiary/aromatic N) is 1. The standard InChI is InChI=1S/C27H35ClF3NO/c1-2-3-4-5-6-7-8-9-10-11-18-32-20-22-12-15-24(16-13-22)33-21-23-14-17-26(28)25(19-23)27(29,30)31/h12-17,19-20H,2-11,18,21H2,1H3/b32-20+. The van der Waals surface area contributed by atoms with Crippen LogP contribution >= 0.6 is 11.6 Å². The fraction of sp³-hybridized carbons (Fsp3) is 0.519. The van der Waals surface area contributed by atoms with Gasteiger partial charge in [-0.05, 0) is 53.9 Å². The smallest absolute Gasteiger partial charge is 0.417 e. The Bertz CT molecular complexity index is 834. The van der Waals surface area contributed by atoms with Crippen molar-refractivity contribution in [3.63, 3.8) is 0 Å². The first kappa shape index (κ1) is 27.2. The van der Waals surface area contributed by atoms with Gasteiger partial charge in [0.25, 0.3) is 0 Å². The summed E-state index contributed by atoms with van der Waals surface area (Å²) in [6, 6.07) is 11.2. The molecule has 0 amide bonds. The third-order valence-corrected chi connectivity index (χ3v) is 5.83. The van der Waals surface area contributed by atoms with Crippen LogP contribution in [0.4, 0.5) is 13.2 Å². The average Bonchev–Trinajstić information content (AvgIpc) is 2.79. The van der Waals surface area contributed by atoms with Gasteiger partial charge < -0.3 is 4.74 Å². The molecular weight excluding hydrogens is 447 g/mol. The van der Waals surface area contributed by atoms with Crippen LogP contribution in [0.2, 0.25) is 5.02 Å². The molecule has 0 saturated heterocycles. The van der Waals surface area contributed by atoms with Gasteiger partial charge in [-0.3, -0.25) is 4.99 Å². The van der Waals surface area contributed by atoms with E-state index in [9.17, 15) is 13.2 Å². The van der Waals surface area contributed by atoms with Crippen molar-refractivity contribution in [1.29, 1.82) is 0 Å². The lowest BCUT2D eigenvalue weighted by Gasteiger charge is -2.12. The van der Waals surface area contributed by atoms with Crippen molar-refractivity contribution in [3.05, 3.63) is 64.2 Å². The Labute approximate surface area is 201 Å². The van der Waals surface area contributed by atoms with E-state index < -0.39 is 11.7 Å². The Balaban J connectivity index is 1.63. The molecule has 0 radical (unpaired) electrons. The van der Waals surface area contributed by atoms with Gasteiger partial charge in [-0.25, -0.2) is 0 Å².